The molecule has 0 radical (unpaired) electrons. The molecule has 17 heavy (non-hydrogen) atoms. The topological polar surface area (TPSA) is 47.0 Å². The summed E-state index contributed by atoms with van der Waals surface area (Å²) in [5.74, 6) is 2.43. The van der Waals surface area contributed by atoms with Crippen molar-refractivity contribution < 1.29 is 4.74 Å². The van der Waals surface area contributed by atoms with Crippen LogP contribution in [0.3, 0.4) is 0 Å². The van der Waals surface area contributed by atoms with Crippen molar-refractivity contribution >= 4 is 5.82 Å². The summed E-state index contributed by atoms with van der Waals surface area (Å²) >= 11 is 0. The maximum atomic E-state index is 5.05. The van der Waals surface area contributed by atoms with Crippen LogP contribution in [0.25, 0.3) is 0 Å². The Morgan fingerprint density at radius 1 is 1.35 bits per heavy atom. The van der Waals surface area contributed by atoms with Gasteiger partial charge in [-0.1, -0.05) is 25.7 Å². The van der Waals surface area contributed by atoms with Crippen molar-refractivity contribution in [3.63, 3.8) is 0 Å². The zero-order chi connectivity index (χ0) is 11.9. The first kappa shape index (κ1) is 12.1. The molecule has 2 rings (SSSR count). The Balaban J connectivity index is 1.66. The Morgan fingerprint density at radius 2 is 2.18 bits per heavy atom. The van der Waals surface area contributed by atoms with E-state index in [0.717, 1.165) is 18.3 Å². The zero-order valence-electron chi connectivity index (χ0n) is 10.5. The van der Waals surface area contributed by atoms with Gasteiger partial charge in [-0.15, -0.1) is 0 Å². The molecule has 1 aromatic heterocycles. The summed E-state index contributed by atoms with van der Waals surface area (Å²) in [6.45, 7) is 0.983. The normalized spacial score (nSPS) is 16.1. The van der Waals surface area contributed by atoms with Crippen molar-refractivity contribution in [3.05, 3.63) is 12.4 Å². The second-order valence-electron chi connectivity index (χ2n) is 4.67. The Labute approximate surface area is 103 Å². The van der Waals surface area contributed by atoms with Gasteiger partial charge in [0.15, 0.2) is 0 Å². The van der Waals surface area contributed by atoms with Gasteiger partial charge < -0.3 is 10.1 Å². The van der Waals surface area contributed by atoms with Gasteiger partial charge in [0.05, 0.1) is 7.11 Å². The molecule has 1 aromatic rings. The van der Waals surface area contributed by atoms with Gasteiger partial charge in [0.2, 0.25) is 5.88 Å². The number of ether oxygens (including phenoxy) is 1. The molecule has 0 spiro atoms. The summed E-state index contributed by atoms with van der Waals surface area (Å²) in [6, 6.07) is 1.83. The van der Waals surface area contributed by atoms with Gasteiger partial charge in [0, 0.05) is 12.6 Å². The minimum Gasteiger partial charge on any atom is -0.481 e. The maximum absolute atomic E-state index is 5.05. The summed E-state index contributed by atoms with van der Waals surface area (Å²) in [6.07, 6.45) is 9.81. The molecule has 94 valence electrons. The van der Waals surface area contributed by atoms with E-state index >= 15 is 0 Å². The molecular formula is C13H21N3O. The summed E-state index contributed by atoms with van der Waals surface area (Å²) in [4.78, 5) is 8.13. The quantitative estimate of drug-likeness (QED) is 0.770. The average Bonchev–Trinajstić information content (AvgIpc) is 2.88. The van der Waals surface area contributed by atoms with Crippen LogP contribution in [0.2, 0.25) is 0 Å². The van der Waals surface area contributed by atoms with Crippen molar-refractivity contribution in [2.75, 3.05) is 19.0 Å². The van der Waals surface area contributed by atoms with E-state index in [-0.39, 0.29) is 0 Å². The van der Waals surface area contributed by atoms with Gasteiger partial charge in [0.25, 0.3) is 0 Å². The van der Waals surface area contributed by atoms with E-state index in [0.29, 0.717) is 5.88 Å². The zero-order valence-corrected chi connectivity index (χ0v) is 10.5. The van der Waals surface area contributed by atoms with Gasteiger partial charge in [-0.05, 0) is 18.8 Å². The van der Waals surface area contributed by atoms with E-state index in [1.807, 2.05) is 6.07 Å². The molecule has 4 heteroatoms. The van der Waals surface area contributed by atoms with Crippen LogP contribution in [-0.4, -0.2) is 23.6 Å². The predicted octanol–water partition coefficient (Wildman–Crippen LogP) is 2.87. The molecule has 1 N–H and O–H groups in total. The SMILES string of the molecule is COc1cc(NCCCC2CCCC2)ncn1. The highest BCUT2D eigenvalue weighted by Gasteiger charge is 2.13. The molecule has 0 saturated heterocycles. The number of aromatic nitrogens is 2. The van der Waals surface area contributed by atoms with E-state index in [1.165, 1.54) is 44.9 Å². The molecule has 1 fully saturated rings. The van der Waals surface area contributed by atoms with Gasteiger partial charge in [-0.3, -0.25) is 0 Å². The first-order valence-corrected chi connectivity index (χ1v) is 6.48. The minimum absolute atomic E-state index is 0.610. The lowest BCUT2D eigenvalue weighted by Gasteiger charge is -2.09. The highest BCUT2D eigenvalue weighted by atomic mass is 16.5. The Morgan fingerprint density at radius 3 is 2.94 bits per heavy atom. The number of anilines is 1. The summed E-state index contributed by atoms with van der Waals surface area (Å²) in [7, 11) is 1.62. The molecule has 0 bridgehead atoms. The fourth-order valence-corrected chi connectivity index (χ4v) is 2.45. The lowest BCUT2D eigenvalue weighted by Crippen LogP contribution is -2.06. The summed E-state index contributed by atoms with van der Waals surface area (Å²) < 4.78 is 5.05. The maximum Gasteiger partial charge on any atom is 0.218 e. The first-order chi connectivity index (χ1) is 8.38. The first-order valence-electron chi connectivity index (χ1n) is 6.48. The molecule has 1 aliphatic rings. The minimum atomic E-state index is 0.610. The average molecular weight is 235 g/mol. The predicted molar refractivity (Wildman–Crippen MR) is 68.3 cm³/mol. The van der Waals surface area contributed by atoms with Crippen molar-refractivity contribution in [3.8, 4) is 5.88 Å². The number of hydrogen-bond donors (Lipinski definition) is 1. The smallest absolute Gasteiger partial charge is 0.218 e. The third kappa shape index (κ3) is 3.88. The Bertz CT molecular complexity index is 337. The van der Waals surface area contributed by atoms with Crippen LogP contribution >= 0.6 is 0 Å². The van der Waals surface area contributed by atoms with Gasteiger partial charge in [-0.2, -0.15) is 0 Å². The fraction of sp³-hybridized carbons (Fsp3) is 0.692. The molecule has 0 aliphatic heterocycles. The molecular weight excluding hydrogens is 214 g/mol. The van der Waals surface area contributed by atoms with Gasteiger partial charge in [0.1, 0.15) is 12.1 Å². The van der Waals surface area contributed by atoms with Crippen LogP contribution in [0.4, 0.5) is 5.82 Å². The second kappa shape index (κ2) is 6.42. The van der Waals surface area contributed by atoms with E-state index in [2.05, 4.69) is 15.3 Å². The van der Waals surface area contributed by atoms with Gasteiger partial charge >= 0.3 is 0 Å². The van der Waals surface area contributed by atoms with E-state index in [4.69, 9.17) is 4.74 Å². The lowest BCUT2D eigenvalue weighted by molar-refractivity contribution is 0.397. The number of hydrogen-bond acceptors (Lipinski definition) is 4. The highest BCUT2D eigenvalue weighted by molar-refractivity contribution is 5.36. The summed E-state index contributed by atoms with van der Waals surface area (Å²) in [5.41, 5.74) is 0. The third-order valence-corrected chi connectivity index (χ3v) is 3.42. The fourth-order valence-electron chi connectivity index (χ4n) is 2.45. The van der Waals surface area contributed by atoms with Crippen molar-refractivity contribution in [2.45, 2.75) is 38.5 Å². The van der Waals surface area contributed by atoms with Crippen LogP contribution in [0.5, 0.6) is 5.88 Å². The molecule has 0 unspecified atom stereocenters. The van der Waals surface area contributed by atoms with E-state index < -0.39 is 0 Å². The number of nitrogens with one attached hydrogen (secondary N) is 1. The monoisotopic (exact) mass is 235 g/mol. The number of methoxy groups -OCH3 is 1. The Kier molecular flexibility index (Phi) is 4.59. The molecule has 0 atom stereocenters. The van der Waals surface area contributed by atoms with Crippen LogP contribution in [-0.2, 0) is 0 Å². The molecule has 0 aromatic carbocycles. The molecule has 1 heterocycles. The van der Waals surface area contributed by atoms with Crippen LogP contribution in [0, 0.1) is 5.92 Å². The third-order valence-electron chi connectivity index (χ3n) is 3.42. The highest BCUT2D eigenvalue weighted by Crippen LogP contribution is 2.28. The molecule has 1 saturated carbocycles. The molecule has 4 nitrogen and oxygen atoms in total. The number of rotatable bonds is 6. The van der Waals surface area contributed by atoms with Crippen LogP contribution < -0.4 is 10.1 Å². The van der Waals surface area contributed by atoms with Crippen LogP contribution in [0.1, 0.15) is 38.5 Å². The number of nitrogens with zero attached hydrogens (tertiary/aromatic N) is 2. The second-order valence-corrected chi connectivity index (χ2v) is 4.67. The Hall–Kier alpha value is -1.32. The van der Waals surface area contributed by atoms with Gasteiger partial charge in [-0.25, -0.2) is 9.97 Å². The standard InChI is InChI=1S/C13H21N3O/c1-17-13-9-12(15-10-16-13)14-8-4-7-11-5-2-3-6-11/h9-11H,2-8H2,1H3,(H,14,15,16). The largest absolute Gasteiger partial charge is 0.481 e. The van der Waals surface area contributed by atoms with E-state index in [9.17, 15) is 0 Å². The lowest BCUT2D eigenvalue weighted by atomic mass is 10.0. The van der Waals surface area contributed by atoms with Crippen molar-refractivity contribution in [2.24, 2.45) is 5.92 Å². The summed E-state index contributed by atoms with van der Waals surface area (Å²) in [5, 5.41) is 3.31. The molecule has 0 amide bonds. The van der Waals surface area contributed by atoms with Crippen molar-refractivity contribution in [1.82, 2.24) is 9.97 Å². The molecule has 1 aliphatic carbocycles. The van der Waals surface area contributed by atoms with Crippen LogP contribution in [0.15, 0.2) is 12.4 Å². The van der Waals surface area contributed by atoms with E-state index in [1.54, 1.807) is 7.11 Å². The van der Waals surface area contributed by atoms with Crippen molar-refractivity contribution in [1.29, 1.82) is 0 Å².